The minimum Gasteiger partial charge on any atom is -0.393 e. The summed E-state index contributed by atoms with van der Waals surface area (Å²) < 4.78 is 13.0. The number of carbonyl (C=O) groups excluding carboxylic acids is 1. The number of amides is 1. The molecule has 0 spiro atoms. The summed E-state index contributed by atoms with van der Waals surface area (Å²) in [5.74, 6) is -0.513. The first-order chi connectivity index (χ1) is 12.1. The Morgan fingerprint density at radius 3 is 2.28 bits per heavy atom. The zero-order chi connectivity index (χ0) is 17.6. The molecule has 4 nitrogen and oxygen atoms in total. The number of benzene rings is 2. The molecule has 1 atom stereocenters. The van der Waals surface area contributed by atoms with Gasteiger partial charge in [-0.15, -0.1) is 0 Å². The predicted molar refractivity (Wildman–Crippen MR) is 95.6 cm³/mol. The lowest BCUT2D eigenvalue weighted by atomic mass is 9.92. The van der Waals surface area contributed by atoms with Crippen LogP contribution in [0.4, 0.5) is 10.1 Å². The van der Waals surface area contributed by atoms with Crippen LogP contribution in [0.5, 0.6) is 0 Å². The highest BCUT2D eigenvalue weighted by Crippen LogP contribution is 2.23. The van der Waals surface area contributed by atoms with Crippen LogP contribution in [0.15, 0.2) is 54.6 Å². The van der Waals surface area contributed by atoms with E-state index in [4.69, 9.17) is 0 Å². The molecule has 1 fully saturated rings. The van der Waals surface area contributed by atoms with E-state index in [1.54, 1.807) is 12.1 Å². The van der Waals surface area contributed by atoms with Crippen LogP contribution in [0.1, 0.15) is 37.3 Å². The molecule has 1 aliphatic carbocycles. The van der Waals surface area contributed by atoms with Crippen molar-refractivity contribution in [1.82, 2.24) is 5.32 Å². The monoisotopic (exact) mass is 342 g/mol. The fourth-order valence-electron chi connectivity index (χ4n) is 3.19. The van der Waals surface area contributed by atoms with Gasteiger partial charge in [-0.2, -0.15) is 0 Å². The summed E-state index contributed by atoms with van der Waals surface area (Å²) in [6.07, 6.45) is 2.95. The van der Waals surface area contributed by atoms with E-state index >= 15 is 0 Å². The molecule has 132 valence electrons. The van der Waals surface area contributed by atoms with E-state index < -0.39 is 6.04 Å². The van der Waals surface area contributed by atoms with Gasteiger partial charge in [-0.3, -0.25) is 10.1 Å². The van der Waals surface area contributed by atoms with Crippen molar-refractivity contribution in [2.24, 2.45) is 0 Å². The molecule has 0 aromatic heterocycles. The standard InChI is InChI=1S/C20H23FN2O2/c21-15-6-8-17(9-7-15)23-20(25)19(14-4-2-1-3-5-14)22-16-10-12-18(24)13-11-16/h1-9,16,18-19,22,24H,10-13H2,(H,23,25)/t16?,18?,19-/m1/s1. The lowest BCUT2D eigenvalue weighted by molar-refractivity contribution is -0.118. The second kappa shape index (κ2) is 8.23. The Kier molecular flexibility index (Phi) is 5.79. The number of hydrogen-bond acceptors (Lipinski definition) is 3. The molecule has 0 radical (unpaired) electrons. The SMILES string of the molecule is O=C(Nc1ccc(F)cc1)[C@H](NC1CCC(O)CC1)c1ccccc1. The molecule has 0 unspecified atom stereocenters. The lowest BCUT2D eigenvalue weighted by Crippen LogP contribution is -2.42. The van der Waals surface area contributed by atoms with E-state index in [1.807, 2.05) is 30.3 Å². The summed E-state index contributed by atoms with van der Waals surface area (Å²) in [5, 5.41) is 15.9. The third kappa shape index (κ3) is 4.87. The Bertz CT molecular complexity index is 683. The summed E-state index contributed by atoms with van der Waals surface area (Å²) >= 11 is 0. The molecular weight excluding hydrogens is 319 g/mol. The van der Waals surface area contributed by atoms with E-state index in [1.165, 1.54) is 12.1 Å². The molecule has 0 heterocycles. The van der Waals surface area contributed by atoms with Gasteiger partial charge in [0, 0.05) is 11.7 Å². The molecule has 3 rings (SSSR count). The highest BCUT2D eigenvalue weighted by atomic mass is 19.1. The average Bonchev–Trinajstić information content (AvgIpc) is 2.64. The Hall–Kier alpha value is -2.24. The molecule has 1 amide bonds. The predicted octanol–water partition coefficient (Wildman–Crippen LogP) is 3.40. The molecule has 2 aromatic carbocycles. The van der Waals surface area contributed by atoms with Crippen molar-refractivity contribution < 1.29 is 14.3 Å². The summed E-state index contributed by atoms with van der Waals surface area (Å²) in [4.78, 5) is 12.8. The Morgan fingerprint density at radius 2 is 1.64 bits per heavy atom. The third-order valence-electron chi connectivity index (χ3n) is 4.61. The maximum absolute atomic E-state index is 13.0. The van der Waals surface area contributed by atoms with E-state index in [9.17, 15) is 14.3 Å². The van der Waals surface area contributed by atoms with Crippen LogP contribution < -0.4 is 10.6 Å². The zero-order valence-electron chi connectivity index (χ0n) is 14.0. The summed E-state index contributed by atoms with van der Waals surface area (Å²) in [5.41, 5.74) is 1.45. The largest absolute Gasteiger partial charge is 0.393 e. The number of halogens is 1. The van der Waals surface area contributed by atoms with Crippen LogP contribution in [0.25, 0.3) is 0 Å². The van der Waals surface area contributed by atoms with E-state index in [0.717, 1.165) is 31.2 Å². The molecule has 25 heavy (non-hydrogen) atoms. The van der Waals surface area contributed by atoms with Gasteiger partial charge in [0.1, 0.15) is 11.9 Å². The number of hydrogen-bond donors (Lipinski definition) is 3. The molecule has 0 bridgehead atoms. The van der Waals surface area contributed by atoms with Crippen molar-refractivity contribution in [1.29, 1.82) is 0 Å². The van der Waals surface area contributed by atoms with Gasteiger partial charge in [0.05, 0.1) is 6.10 Å². The van der Waals surface area contributed by atoms with Crippen molar-refractivity contribution in [2.75, 3.05) is 5.32 Å². The highest BCUT2D eigenvalue weighted by Gasteiger charge is 2.26. The molecule has 2 aromatic rings. The number of aliphatic hydroxyl groups is 1. The summed E-state index contributed by atoms with van der Waals surface area (Å²) in [7, 11) is 0. The maximum atomic E-state index is 13.0. The number of aliphatic hydroxyl groups excluding tert-OH is 1. The highest BCUT2D eigenvalue weighted by molar-refractivity contribution is 5.95. The van der Waals surface area contributed by atoms with Crippen molar-refractivity contribution in [2.45, 2.75) is 43.9 Å². The van der Waals surface area contributed by atoms with Gasteiger partial charge >= 0.3 is 0 Å². The van der Waals surface area contributed by atoms with Gasteiger partial charge in [0.15, 0.2) is 0 Å². The molecule has 0 aliphatic heterocycles. The number of carbonyl (C=O) groups is 1. The quantitative estimate of drug-likeness (QED) is 0.780. The van der Waals surface area contributed by atoms with Crippen LogP contribution >= 0.6 is 0 Å². The molecule has 5 heteroatoms. The van der Waals surface area contributed by atoms with Gasteiger partial charge in [0.25, 0.3) is 0 Å². The van der Waals surface area contributed by atoms with Gasteiger partial charge in [0.2, 0.25) is 5.91 Å². The zero-order valence-corrected chi connectivity index (χ0v) is 14.0. The smallest absolute Gasteiger partial charge is 0.246 e. The molecular formula is C20H23FN2O2. The van der Waals surface area contributed by atoms with Crippen LogP contribution in [0.3, 0.4) is 0 Å². The van der Waals surface area contributed by atoms with Crippen molar-refractivity contribution >= 4 is 11.6 Å². The fourth-order valence-corrected chi connectivity index (χ4v) is 3.19. The van der Waals surface area contributed by atoms with Gasteiger partial charge in [-0.25, -0.2) is 4.39 Å². The van der Waals surface area contributed by atoms with Crippen LogP contribution in [0.2, 0.25) is 0 Å². The van der Waals surface area contributed by atoms with Gasteiger partial charge in [-0.05, 0) is 55.5 Å². The van der Waals surface area contributed by atoms with Gasteiger partial charge < -0.3 is 10.4 Å². The van der Waals surface area contributed by atoms with Crippen molar-refractivity contribution in [3.8, 4) is 0 Å². The van der Waals surface area contributed by atoms with Crippen LogP contribution in [-0.4, -0.2) is 23.2 Å². The first-order valence-corrected chi connectivity index (χ1v) is 8.67. The number of rotatable bonds is 5. The number of anilines is 1. The van der Waals surface area contributed by atoms with E-state index in [0.29, 0.717) is 5.69 Å². The minimum atomic E-state index is -0.494. The normalized spacial score (nSPS) is 21.5. The maximum Gasteiger partial charge on any atom is 0.246 e. The molecule has 1 aliphatic rings. The summed E-state index contributed by atoms with van der Waals surface area (Å²) in [6, 6.07) is 15.0. The number of nitrogens with one attached hydrogen (secondary N) is 2. The van der Waals surface area contributed by atoms with E-state index in [-0.39, 0.29) is 23.9 Å². The second-order valence-corrected chi connectivity index (χ2v) is 6.51. The van der Waals surface area contributed by atoms with Crippen molar-refractivity contribution in [3.63, 3.8) is 0 Å². The molecule has 1 saturated carbocycles. The Balaban J connectivity index is 1.73. The lowest BCUT2D eigenvalue weighted by Gasteiger charge is -2.30. The average molecular weight is 342 g/mol. The first-order valence-electron chi connectivity index (χ1n) is 8.67. The van der Waals surface area contributed by atoms with Crippen molar-refractivity contribution in [3.05, 3.63) is 66.0 Å². The van der Waals surface area contributed by atoms with Crippen LogP contribution in [-0.2, 0) is 4.79 Å². The Morgan fingerprint density at radius 1 is 1.00 bits per heavy atom. The fraction of sp³-hybridized carbons (Fsp3) is 0.350. The first kappa shape index (κ1) is 17.6. The third-order valence-corrected chi connectivity index (χ3v) is 4.61. The minimum absolute atomic E-state index is 0.177. The Labute approximate surface area is 147 Å². The topological polar surface area (TPSA) is 61.4 Å². The summed E-state index contributed by atoms with van der Waals surface area (Å²) in [6.45, 7) is 0. The van der Waals surface area contributed by atoms with Gasteiger partial charge in [-0.1, -0.05) is 30.3 Å². The van der Waals surface area contributed by atoms with Crippen LogP contribution in [0, 0.1) is 5.82 Å². The van der Waals surface area contributed by atoms with E-state index in [2.05, 4.69) is 10.6 Å². The molecule has 0 saturated heterocycles. The second-order valence-electron chi connectivity index (χ2n) is 6.51. The molecule has 3 N–H and O–H groups in total.